The van der Waals surface area contributed by atoms with Gasteiger partial charge in [0.1, 0.15) is 5.52 Å². The third-order valence-corrected chi connectivity index (χ3v) is 4.23. The number of oxazole rings is 1. The van der Waals surface area contributed by atoms with Crippen molar-refractivity contribution < 1.29 is 13.7 Å². The molecule has 0 N–H and O–H groups in total. The van der Waals surface area contributed by atoms with Gasteiger partial charge in [0.05, 0.1) is 11.2 Å². The van der Waals surface area contributed by atoms with Crippen LogP contribution in [-0.4, -0.2) is 23.3 Å². The molecule has 2 aromatic rings. The van der Waals surface area contributed by atoms with E-state index in [1.807, 2.05) is 24.3 Å². The van der Waals surface area contributed by atoms with Crippen LogP contribution in [0.2, 0.25) is 6.32 Å². The van der Waals surface area contributed by atoms with E-state index in [2.05, 4.69) is 32.7 Å². The molecule has 0 unspecified atom stereocenters. The van der Waals surface area contributed by atoms with E-state index in [1.54, 1.807) is 0 Å². The number of benzene rings is 1. The molecule has 0 aliphatic carbocycles. The molecular formula is C15H20BNO3. The molecule has 106 valence electrons. The molecule has 1 aliphatic heterocycles. The first-order valence-corrected chi connectivity index (χ1v) is 7.07. The van der Waals surface area contributed by atoms with E-state index >= 15 is 0 Å². The Hall–Kier alpha value is -1.33. The minimum Gasteiger partial charge on any atom is -0.441 e. The summed E-state index contributed by atoms with van der Waals surface area (Å²) in [4.78, 5) is 4.47. The van der Waals surface area contributed by atoms with Crippen molar-refractivity contribution in [2.24, 2.45) is 0 Å². The van der Waals surface area contributed by atoms with Crippen molar-refractivity contribution in [3.8, 4) is 0 Å². The molecule has 0 spiro atoms. The van der Waals surface area contributed by atoms with E-state index in [0.29, 0.717) is 6.42 Å². The number of aromatic nitrogens is 1. The lowest BCUT2D eigenvalue weighted by Crippen LogP contribution is -2.41. The summed E-state index contributed by atoms with van der Waals surface area (Å²) in [5.74, 6) is 0.737. The van der Waals surface area contributed by atoms with Crippen LogP contribution < -0.4 is 0 Å². The number of hydrogen-bond donors (Lipinski definition) is 0. The van der Waals surface area contributed by atoms with Crippen molar-refractivity contribution in [2.45, 2.75) is 51.6 Å². The van der Waals surface area contributed by atoms with Crippen molar-refractivity contribution in [2.75, 3.05) is 0 Å². The number of nitrogens with zero attached hydrogens (tertiary/aromatic N) is 1. The third-order valence-electron chi connectivity index (χ3n) is 4.23. The average molecular weight is 273 g/mol. The largest absolute Gasteiger partial charge is 0.458 e. The molecular weight excluding hydrogens is 253 g/mol. The summed E-state index contributed by atoms with van der Waals surface area (Å²) in [5.41, 5.74) is 1.17. The minimum atomic E-state index is -0.279. The maximum absolute atomic E-state index is 5.97. The fourth-order valence-corrected chi connectivity index (χ4v) is 2.35. The number of fused-ring (bicyclic) bond motifs is 1. The number of rotatable bonds is 3. The van der Waals surface area contributed by atoms with Crippen LogP contribution in [0.3, 0.4) is 0 Å². The first kappa shape index (κ1) is 13.6. The van der Waals surface area contributed by atoms with Gasteiger partial charge in [0, 0.05) is 6.42 Å². The van der Waals surface area contributed by atoms with Crippen LogP contribution in [-0.2, 0) is 15.7 Å². The zero-order valence-electron chi connectivity index (χ0n) is 12.5. The zero-order valence-corrected chi connectivity index (χ0v) is 12.5. The normalized spacial score (nSPS) is 20.7. The molecule has 1 aromatic heterocycles. The molecule has 1 aliphatic rings. The van der Waals surface area contributed by atoms with E-state index in [9.17, 15) is 0 Å². The van der Waals surface area contributed by atoms with Gasteiger partial charge in [-0.1, -0.05) is 12.1 Å². The second-order valence-corrected chi connectivity index (χ2v) is 6.30. The standard InChI is InChI=1S/C15H20BNO3/c1-14(2)15(3,4)20-16(19-14)10-9-13-17-11-7-5-6-8-12(11)18-13/h5-8H,9-10H2,1-4H3. The molecule has 0 saturated carbocycles. The molecule has 1 aromatic carbocycles. The summed E-state index contributed by atoms with van der Waals surface area (Å²) in [6, 6.07) is 7.80. The number of aryl methyl sites for hydroxylation is 1. The van der Waals surface area contributed by atoms with Gasteiger partial charge in [-0.05, 0) is 46.1 Å². The maximum Gasteiger partial charge on any atom is 0.458 e. The van der Waals surface area contributed by atoms with Gasteiger partial charge in [-0.15, -0.1) is 0 Å². The van der Waals surface area contributed by atoms with Crippen molar-refractivity contribution in [1.82, 2.24) is 4.98 Å². The molecule has 5 heteroatoms. The lowest BCUT2D eigenvalue weighted by Gasteiger charge is -2.32. The quantitative estimate of drug-likeness (QED) is 0.803. The summed E-state index contributed by atoms with van der Waals surface area (Å²) in [5, 5.41) is 0. The zero-order chi connectivity index (χ0) is 14.4. The van der Waals surface area contributed by atoms with Crippen molar-refractivity contribution in [3.05, 3.63) is 30.2 Å². The Morgan fingerprint density at radius 2 is 1.70 bits per heavy atom. The third kappa shape index (κ3) is 2.36. The van der Waals surface area contributed by atoms with Crippen LogP contribution in [0.15, 0.2) is 28.7 Å². The highest BCUT2D eigenvalue weighted by Crippen LogP contribution is 2.37. The van der Waals surface area contributed by atoms with Crippen molar-refractivity contribution in [3.63, 3.8) is 0 Å². The molecule has 0 radical (unpaired) electrons. The van der Waals surface area contributed by atoms with E-state index in [1.165, 1.54) is 0 Å². The van der Waals surface area contributed by atoms with Crippen molar-refractivity contribution in [1.29, 1.82) is 0 Å². The lowest BCUT2D eigenvalue weighted by molar-refractivity contribution is 0.00578. The molecule has 0 amide bonds. The number of hydrogen-bond acceptors (Lipinski definition) is 4. The van der Waals surface area contributed by atoms with Gasteiger partial charge in [-0.25, -0.2) is 4.98 Å². The molecule has 1 saturated heterocycles. The van der Waals surface area contributed by atoms with Gasteiger partial charge in [0.15, 0.2) is 11.5 Å². The van der Waals surface area contributed by atoms with Crippen LogP contribution >= 0.6 is 0 Å². The van der Waals surface area contributed by atoms with Crippen LogP contribution in [0, 0.1) is 0 Å². The second-order valence-electron chi connectivity index (χ2n) is 6.30. The van der Waals surface area contributed by atoms with Crippen LogP contribution in [0.5, 0.6) is 0 Å². The minimum absolute atomic E-state index is 0.199. The van der Waals surface area contributed by atoms with Gasteiger partial charge in [-0.3, -0.25) is 0 Å². The van der Waals surface area contributed by atoms with E-state index in [4.69, 9.17) is 13.7 Å². The Labute approximate surface area is 119 Å². The summed E-state index contributed by atoms with van der Waals surface area (Å²) in [6.45, 7) is 8.25. The van der Waals surface area contributed by atoms with Gasteiger partial charge in [-0.2, -0.15) is 0 Å². The molecule has 1 fully saturated rings. The summed E-state index contributed by atoms with van der Waals surface area (Å²) in [6.07, 6.45) is 1.46. The van der Waals surface area contributed by atoms with E-state index < -0.39 is 0 Å². The fourth-order valence-electron chi connectivity index (χ4n) is 2.35. The highest BCUT2D eigenvalue weighted by atomic mass is 16.7. The topological polar surface area (TPSA) is 44.5 Å². The van der Waals surface area contributed by atoms with Crippen molar-refractivity contribution >= 4 is 18.2 Å². The Balaban J connectivity index is 1.66. The highest BCUT2D eigenvalue weighted by Gasteiger charge is 2.50. The molecule has 0 bridgehead atoms. The van der Waals surface area contributed by atoms with Crippen LogP contribution in [0.1, 0.15) is 33.6 Å². The summed E-state index contributed by atoms with van der Waals surface area (Å²) in [7, 11) is -0.199. The van der Waals surface area contributed by atoms with Gasteiger partial charge in [0.25, 0.3) is 0 Å². The van der Waals surface area contributed by atoms with Crippen LogP contribution in [0.25, 0.3) is 11.1 Å². The predicted octanol–water partition coefficient (Wildman–Crippen LogP) is 3.46. The Morgan fingerprint density at radius 3 is 2.35 bits per heavy atom. The highest BCUT2D eigenvalue weighted by molar-refractivity contribution is 6.45. The average Bonchev–Trinajstić information content (AvgIpc) is 2.85. The second kappa shape index (κ2) is 4.60. The SMILES string of the molecule is CC1(C)OB(CCc2nc3ccccc3o2)OC1(C)C. The maximum atomic E-state index is 5.97. The van der Waals surface area contributed by atoms with Gasteiger partial charge in [0.2, 0.25) is 0 Å². The van der Waals surface area contributed by atoms with Gasteiger partial charge < -0.3 is 13.7 Å². The molecule has 2 heterocycles. The lowest BCUT2D eigenvalue weighted by atomic mass is 9.83. The van der Waals surface area contributed by atoms with Gasteiger partial charge >= 0.3 is 7.12 Å². The molecule has 3 rings (SSSR count). The smallest absolute Gasteiger partial charge is 0.441 e. The Bertz CT molecular complexity index is 571. The molecule has 20 heavy (non-hydrogen) atoms. The number of para-hydroxylation sites is 2. The van der Waals surface area contributed by atoms with E-state index in [0.717, 1.165) is 23.3 Å². The Kier molecular flexibility index (Phi) is 3.14. The molecule has 4 nitrogen and oxygen atoms in total. The monoisotopic (exact) mass is 273 g/mol. The van der Waals surface area contributed by atoms with E-state index in [-0.39, 0.29) is 18.3 Å². The first-order chi connectivity index (χ1) is 9.37. The predicted molar refractivity (Wildman–Crippen MR) is 78.6 cm³/mol. The fraction of sp³-hybridized carbons (Fsp3) is 0.533. The molecule has 0 atom stereocenters. The van der Waals surface area contributed by atoms with Crippen LogP contribution in [0.4, 0.5) is 0 Å². The first-order valence-electron chi connectivity index (χ1n) is 7.07. The Morgan fingerprint density at radius 1 is 1.05 bits per heavy atom. The summed E-state index contributed by atoms with van der Waals surface area (Å²) >= 11 is 0. The summed E-state index contributed by atoms with van der Waals surface area (Å²) < 4.78 is 17.6.